The number of halogens is 1. The van der Waals surface area contributed by atoms with Gasteiger partial charge in [-0.2, -0.15) is 0 Å². The summed E-state index contributed by atoms with van der Waals surface area (Å²) >= 11 is 0. The van der Waals surface area contributed by atoms with Crippen LogP contribution in [0.25, 0.3) is 0 Å². The summed E-state index contributed by atoms with van der Waals surface area (Å²) in [5.74, 6) is -4.32. The minimum Gasteiger partial charge on any atom is -0.479 e. The first kappa shape index (κ1) is 19.3. The lowest BCUT2D eigenvalue weighted by atomic mass is 9.99. The van der Waals surface area contributed by atoms with Crippen molar-refractivity contribution >= 4 is 11.9 Å². The van der Waals surface area contributed by atoms with E-state index in [0.717, 1.165) is 12.1 Å². The number of aliphatic hydroxyl groups is 3. The number of aromatic nitrogens is 2. The minimum absolute atomic E-state index is 0.147. The Kier molecular flexibility index (Phi) is 5.67. The van der Waals surface area contributed by atoms with E-state index < -0.39 is 72.4 Å². The summed E-state index contributed by atoms with van der Waals surface area (Å²) in [5, 5.41) is 41.5. The summed E-state index contributed by atoms with van der Waals surface area (Å²) in [4.78, 5) is 40.5. The van der Waals surface area contributed by atoms with Gasteiger partial charge in [0.05, 0.1) is 6.33 Å². The molecule has 2 aromatic rings. The summed E-state index contributed by atoms with van der Waals surface area (Å²) in [5.41, 5.74) is -1.69. The fourth-order valence-electron chi connectivity index (χ4n) is 2.84. The van der Waals surface area contributed by atoms with Gasteiger partial charge in [-0.25, -0.2) is 14.2 Å². The molecule has 1 aromatic carbocycles. The molecule has 0 aliphatic carbocycles. The Labute approximate surface area is 183 Å². The van der Waals surface area contributed by atoms with Gasteiger partial charge in [0.1, 0.15) is 24.1 Å². The number of hydrogen-bond acceptors (Lipinski definition) is 9. The Balaban J connectivity index is 1.96. The van der Waals surface area contributed by atoms with Crippen LogP contribution in [0.15, 0.2) is 35.4 Å². The number of amides is 1. The molecule has 0 saturated carbocycles. The third-order valence-corrected chi connectivity index (χ3v) is 4.56. The molecule has 0 radical (unpaired) electrons. The molecule has 3 rings (SSSR count). The van der Waals surface area contributed by atoms with Crippen molar-refractivity contribution < 1.29 is 48.0 Å². The number of carbonyl (C=O) groups excluding carboxylic acids is 1. The molecule has 0 bridgehead atoms. The van der Waals surface area contributed by atoms with Gasteiger partial charge in [-0.15, -0.1) is 0 Å². The van der Waals surface area contributed by atoms with Crippen LogP contribution in [-0.4, -0.2) is 72.6 Å². The summed E-state index contributed by atoms with van der Waals surface area (Å²) < 4.78 is 45.7. The zero-order valence-electron chi connectivity index (χ0n) is 19.1. The predicted octanol–water partition coefficient (Wildman–Crippen LogP) is -1.88. The van der Waals surface area contributed by atoms with Crippen molar-refractivity contribution in [2.24, 2.45) is 6.98 Å². The lowest BCUT2D eigenvalue weighted by Crippen LogP contribution is -2.61. The molecule has 2 heterocycles. The number of hydrogen-bond donors (Lipinski definition) is 5. The number of aliphatic hydroxyl groups excluding tert-OH is 3. The van der Waals surface area contributed by atoms with Crippen LogP contribution < -0.4 is 15.6 Å². The molecule has 1 fully saturated rings. The number of carboxylic acid groups (broad SMARTS) is 1. The van der Waals surface area contributed by atoms with E-state index in [1.807, 2.05) is 0 Å². The maximum Gasteiger partial charge on any atom is 0.335 e. The fourth-order valence-corrected chi connectivity index (χ4v) is 2.84. The summed E-state index contributed by atoms with van der Waals surface area (Å²) in [6.07, 6.45) is -9.89. The second kappa shape index (κ2) is 9.40. The summed E-state index contributed by atoms with van der Waals surface area (Å²) in [6.45, 7) is -3.21. The summed E-state index contributed by atoms with van der Waals surface area (Å²) in [7, 11) is 0. The maximum absolute atomic E-state index is 13.1. The van der Waals surface area contributed by atoms with E-state index in [-0.39, 0.29) is 11.1 Å². The predicted molar refractivity (Wildman–Crippen MR) is 102 cm³/mol. The quantitative estimate of drug-likeness (QED) is 0.330. The van der Waals surface area contributed by atoms with E-state index in [2.05, 4.69) is 10.3 Å². The number of carbonyl (C=O) groups is 2. The van der Waals surface area contributed by atoms with Crippen molar-refractivity contribution in [2.75, 3.05) is 0 Å². The maximum atomic E-state index is 13.1. The number of carboxylic acids is 1. The van der Waals surface area contributed by atoms with E-state index in [0.29, 0.717) is 11.9 Å². The first-order valence-corrected chi connectivity index (χ1v) is 9.05. The molecule has 172 valence electrons. The van der Waals surface area contributed by atoms with Crippen molar-refractivity contribution in [1.29, 1.82) is 0 Å². The van der Waals surface area contributed by atoms with Crippen LogP contribution in [0.1, 0.15) is 20.2 Å². The van der Waals surface area contributed by atoms with E-state index in [1.54, 1.807) is 0 Å². The van der Waals surface area contributed by atoms with Crippen molar-refractivity contribution in [1.82, 2.24) is 14.9 Å². The van der Waals surface area contributed by atoms with Gasteiger partial charge in [-0.3, -0.25) is 14.2 Å². The van der Waals surface area contributed by atoms with Gasteiger partial charge in [0.25, 0.3) is 11.5 Å². The van der Waals surface area contributed by atoms with Gasteiger partial charge >= 0.3 is 5.97 Å². The van der Waals surface area contributed by atoms with Gasteiger partial charge < -0.3 is 35.2 Å². The molecule has 5 N–H and O–H groups in total. The van der Waals surface area contributed by atoms with Crippen LogP contribution >= 0.6 is 0 Å². The third-order valence-electron chi connectivity index (χ3n) is 4.56. The number of benzene rings is 1. The lowest BCUT2D eigenvalue weighted by Gasteiger charge is -2.38. The van der Waals surface area contributed by atoms with Crippen LogP contribution in [0.2, 0.25) is 0 Å². The molecule has 32 heavy (non-hydrogen) atoms. The molecule has 1 aromatic heterocycles. The number of aryl methyl sites for hydroxylation is 1. The number of nitrogens with one attached hydrogen (secondary N) is 1. The van der Waals surface area contributed by atoms with Crippen molar-refractivity contribution in [3.8, 4) is 5.75 Å². The second-order valence-electron chi connectivity index (χ2n) is 6.76. The normalized spacial score (nSPS) is 27.0. The van der Waals surface area contributed by atoms with Crippen LogP contribution in [-0.2, 0) is 23.1 Å². The van der Waals surface area contributed by atoms with Gasteiger partial charge in [-0.1, -0.05) is 12.1 Å². The molecule has 12 nitrogen and oxygen atoms in total. The van der Waals surface area contributed by atoms with Gasteiger partial charge in [0.2, 0.25) is 12.0 Å². The highest BCUT2D eigenvalue weighted by Gasteiger charge is 2.48. The molecule has 1 aliphatic heterocycles. The van der Waals surface area contributed by atoms with Gasteiger partial charge in [0, 0.05) is 17.6 Å². The lowest BCUT2D eigenvalue weighted by molar-refractivity contribution is -0.271. The fraction of sp³-hybridized carbons (Fsp3) is 0.368. The average molecular weight is 456 g/mol. The van der Waals surface area contributed by atoms with E-state index in [4.69, 9.17) is 18.7 Å². The Bertz CT molecular complexity index is 1160. The number of aliphatic carboxylic acids is 1. The monoisotopic (exact) mass is 456 g/mol. The zero-order valence-corrected chi connectivity index (χ0v) is 16.1. The van der Waals surface area contributed by atoms with Crippen LogP contribution in [0.5, 0.6) is 5.75 Å². The average Bonchev–Trinajstić information content (AvgIpc) is 2.78. The third kappa shape index (κ3) is 4.75. The Morgan fingerprint density at radius 2 is 1.94 bits per heavy atom. The molecule has 1 saturated heterocycles. The second-order valence-corrected chi connectivity index (χ2v) is 6.76. The molecular weight excluding hydrogens is 433 g/mol. The highest BCUT2D eigenvalue weighted by atomic mass is 19.1. The van der Waals surface area contributed by atoms with Crippen LogP contribution in [0, 0.1) is 5.82 Å². The Hall–Kier alpha value is -3.39. The highest BCUT2D eigenvalue weighted by molar-refractivity contribution is 5.94. The Morgan fingerprint density at radius 1 is 1.25 bits per heavy atom. The standard InChI is InChI=1S/C19H20FN3O9/c1-23-7-22-10(16(27)21-6-8-2-4-9(20)5-3-8)14(17(23)28)31-19-13(26)11(24)12(25)15(32-19)18(29)30/h2-5,7,11-13,15,19,24-26H,6H2,1H3,(H,21,27)(H,29,30)/i1D3. The number of ether oxygens (including phenoxy) is 2. The zero-order chi connectivity index (χ0) is 26.1. The summed E-state index contributed by atoms with van der Waals surface area (Å²) in [6, 6.07) is 5.04. The van der Waals surface area contributed by atoms with Gasteiger partial charge in [-0.05, 0) is 17.7 Å². The van der Waals surface area contributed by atoms with E-state index >= 15 is 0 Å². The van der Waals surface area contributed by atoms with Crippen molar-refractivity contribution in [3.63, 3.8) is 0 Å². The molecule has 0 spiro atoms. The van der Waals surface area contributed by atoms with E-state index in [1.165, 1.54) is 12.1 Å². The SMILES string of the molecule is [2H]C([2H])([2H])n1cnc(C(=O)NCc2ccc(F)cc2)c(OC2OC(C(=O)O)C(O)C(O)C2O)c1=O. The molecule has 13 heteroatoms. The smallest absolute Gasteiger partial charge is 0.335 e. The number of nitrogens with zero attached hydrogens (tertiary/aromatic N) is 2. The molecule has 5 atom stereocenters. The highest BCUT2D eigenvalue weighted by Crippen LogP contribution is 2.24. The molecule has 1 aliphatic rings. The van der Waals surface area contributed by atoms with Crippen LogP contribution in [0.3, 0.4) is 0 Å². The van der Waals surface area contributed by atoms with Crippen molar-refractivity contribution in [2.45, 2.75) is 37.3 Å². The van der Waals surface area contributed by atoms with Crippen LogP contribution in [0.4, 0.5) is 4.39 Å². The van der Waals surface area contributed by atoms with Gasteiger partial charge in [0.15, 0.2) is 11.8 Å². The minimum atomic E-state index is -3.06. The largest absolute Gasteiger partial charge is 0.479 e. The topological polar surface area (TPSA) is 180 Å². The first-order valence-electron chi connectivity index (χ1n) is 10.5. The molecule has 5 unspecified atom stereocenters. The molecular formula is C19H20FN3O9. The number of rotatable bonds is 6. The first-order chi connectivity index (χ1) is 16.3. The molecule has 1 amide bonds. The van der Waals surface area contributed by atoms with Crippen molar-refractivity contribution in [3.05, 3.63) is 58.0 Å². The Morgan fingerprint density at radius 3 is 2.56 bits per heavy atom. The van der Waals surface area contributed by atoms with E-state index in [9.17, 15) is 34.1 Å².